The van der Waals surface area contributed by atoms with E-state index in [0.717, 1.165) is 44.4 Å². The maximum atomic E-state index is 12.9. The molecule has 0 heterocycles. The van der Waals surface area contributed by atoms with E-state index in [-0.39, 0.29) is 6.61 Å². The van der Waals surface area contributed by atoms with Gasteiger partial charge in [-0.1, -0.05) is 213 Å². The molecule has 10 heteroatoms. The molecule has 3 N–H and O–H groups in total. The zero-order valence-electron chi connectivity index (χ0n) is 38.3. The van der Waals surface area contributed by atoms with Crippen molar-refractivity contribution in [2.24, 2.45) is 5.92 Å². The number of likely N-dealkylation sites (N-methyl/N-ethyl adjacent to an activating group) is 1. The highest BCUT2D eigenvalue weighted by molar-refractivity contribution is 7.45. The second kappa shape index (κ2) is 38.1. The lowest BCUT2D eigenvalue weighted by Crippen LogP contribution is -2.49. The van der Waals surface area contributed by atoms with Crippen LogP contribution in [0.2, 0.25) is 0 Å². The van der Waals surface area contributed by atoms with E-state index >= 15 is 0 Å². The first-order valence-corrected chi connectivity index (χ1v) is 25.5. The summed E-state index contributed by atoms with van der Waals surface area (Å²) in [4.78, 5) is 25.4. The summed E-state index contributed by atoms with van der Waals surface area (Å²) in [5.41, 5.74) is 0. The number of carbonyl (C=O) groups is 1. The van der Waals surface area contributed by atoms with Crippen molar-refractivity contribution in [1.29, 1.82) is 0 Å². The van der Waals surface area contributed by atoms with E-state index in [1.54, 1.807) is 6.08 Å². The Hall–Kier alpha value is -0.800. The molecule has 0 bridgehead atoms. The quantitative estimate of drug-likeness (QED) is 0.0242. The maximum absolute atomic E-state index is 12.9. The zero-order valence-corrected chi connectivity index (χ0v) is 39.2. The Labute approximate surface area is 353 Å². The normalized spacial score (nSPS) is 15.0. The van der Waals surface area contributed by atoms with E-state index in [9.17, 15) is 24.5 Å². The molecular weight excluding hydrogens is 735 g/mol. The molecule has 1 amide bonds. The zero-order chi connectivity index (χ0) is 42.5. The summed E-state index contributed by atoms with van der Waals surface area (Å²) in [6.07, 6.45) is 39.1. The van der Waals surface area contributed by atoms with Crippen molar-refractivity contribution in [3.8, 4) is 0 Å². The molecule has 0 saturated carbocycles. The van der Waals surface area contributed by atoms with Gasteiger partial charge in [0, 0.05) is 0 Å². The maximum Gasteiger partial charge on any atom is 0.268 e. The third kappa shape index (κ3) is 40.4. The monoisotopic (exact) mass is 831 g/mol. The lowest BCUT2D eigenvalue weighted by molar-refractivity contribution is -0.870. The summed E-state index contributed by atoms with van der Waals surface area (Å²) < 4.78 is 23.1. The van der Waals surface area contributed by atoms with Crippen LogP contribution in [0.15, 0.2) is 12.2 Å². The summed E-state index contributed by atoms with van der Waals surface area (Å²) in [7, 11) is 1.12. The minimum atomic E-state index is -4.66. The molecular formula is C47H95N2O7P. The van der Waals surface area contributed by atoms with Gasteiger partial charge < -0.3 is 34.0 Å². The summed E-state index contributed by atoms with van der Waals surface area (Å²) in [5, 5.41) is 24.2. The first-order chi connectivity index (χ1) is 27.3. The smallest absolute Gasteiger partial charge is 0.268 e. The standard InChI is InChI=1S/C47H95N2O7P/c1-7-8-9-10-11-12-13-14-15-16-17-18-19-20-21-22-23-26-30-33-36-39-46(51)47(52)48-44(42-56-57(53,54)55-41-40-49(4,5)6)45(50)38-35-32-29-27-24-25-28-31-34-37-43(2)3/h35,38,43-46,50-51H,7-34,36-37,39-42H2,1-6H3,(H-,48,52,53,54)/b38-35+/t44-,45+,46?/m0/s1. The number of amides is 1. The van der Waals surface area contributed by atoms with Crippen molar-refractivity contribution in [2.45, 2.75) is 238 Å². The number of unbranched alkanes of at least 4 members (excludes halogenated alkanes) is 27. The fourth-order valence-corrected chi connectivity index (χ4v) is 7.83. The number of aliphatic hydroxyl groups is 2. The molecule has 0 aromatic carbocycles. The number of hydrogen-bond donors (Lipinski definition) is 3. The first-order valence-electron chi connectivity index (χ1n) is 24.0. The van der Waals surface area contributed by atoms with E-state index < -0.39 is 38.6 Å². The molecule has 0 aliphatic rings. The number of rotatable bonds is 43. The molecule has 0 aliphatic heterocycles. The van der Waals surface area contributed by atoms with Gasteiger partial charge in [0.05, 0.1) is 39.9 Å². The molecule has 57 heavy (non-hydrogen) atoms. The van der Waals surface area contributed by atoms with Gasteiger partial charge in [0.2, 0.25) is 5.91 Å². The number of carbonyl (C=O) groups excluding carboxylic acids is 1. The van der Waals surface area contributed by atoms with Crippen molar-refractivity contribution in [1.82, 2.24) is 5.32 Å². The lowest BCUT2D eigenvalue weighted by atomic mass is 10.0. The Kier molecular flexibility index (Phi) is 37.6. The molecule has 2 unspecified atom stereocenters. The topological polar surface area (TPSA) is 128 Å². The SMILES string of the molecule is CCCCCCCCCCCCCCCCCCCCCCCC(O)C(=O)N[C@@H](COP(=O)([O-])OCC[N+](C)(C)C)[C@H](O)/C=C/CCCCCCCCCC(C)C. The Morgan fingerprint density at radius 1 is 0.649 bits per heavy atom. The number of aliphatic hydroxyl groups excluding tert-OH is 2. The Morgan fingerprint density at radius 2 is 1.05 bits per heavy atom. The predicted molar refractivity (Wildman–Crippen MR) is 239 cm³/mol. The fraction of sp³-hybridized carbons (Fsp3) is 0.936. The van der Waals surface area contributed by atoms with Crippen LogP contribution in [-0.4, -0.2) is 79.8 Å². The van der Waals surface area contributed by atoms with Crippen LogP contribution in [0.3, 0.4) is 0 Å². The number of nitrogens with zero attached hydrogens (tertiary/aromatic N) is 1. The summed E-state index contributed by atoms with van der Waals surface area (Å²) in [6.45, 7) is 6.75. The highest BCUT2D eigenvalue weighted by Gasteiger charge is 2.25. The molecule has 9 nitrogen and oxygen atoms in total. The van der Waals surface area contributed by atoms with Gasteiger partial charge in [-0.25, -0.2) is 0 Å². The molecule has 0 fully saturated rings. The van der Waals surface area contributed by atoms with E-state index in [0.29, 0.717) is 17.4 Å². The largest absolute Gasteiger partial charge is 0.756 e. The molecule has 0 aliphatic carbocycles. The van der Waals surface area contributed by atoms with E-state index in [1.165, 1.54) is 154 Å². The van der Waals surface area contributed by atoms with Gasteiger partial charge in [0.25, 0.3) is 7.82 Å². The van der Waals surface area contributed by atoms with Gasteiger partial charge in [0.1, 0.15) is 19.3 Å². The van der Waals surface area contributed by atoms with Crippen LogP contribution >= 0.6 is 7.82 Å². The molecule has 0 spiro atoms. The number of phosphoric acid groups is 1. The molecule has 0 saturated heterocycles. The molecule has 0 aromatic rings. The van der Waals surface area contributed by atoms with Crippen molar-refractivity contribution in [3.05, 3.63) is 12.2 Å². The summed E-state index contributed by atoms with van der Waals surface area (Å²) in [5.74, 6) is 0.139. The first kappa shape index (κ1) is 56.2. The van der Waals surface area contributed by atoms with Crippen LogP contribution in [0, 0.1) is 5.92 Å². The van der Waals surface area contributed by atoms with Crippen LogP contribution in [0.25, 0.3) is 0 Å². The second-order valence-electron chi connectivity index (χ2n) is 18.4. The Morgan fingerprint density at radius 3 is 1.47 bits per heavy atom. The van der Waals surface area contributed by atoms with Crippen molar-refractivity contribution >= 4 is 13.7 Å². The minimum Gasteiger partial charge on any atom is -0.756 e. The number of allylic oxidation sites excluding steroid dienone is 1. The van der Waals surface area contributed by atoms with Crippen LogP contribution < -0.4 is 10.2 Å². The Bertz CT molecular complexity index is 974. The average Bonchev–Trinajstić information content (AvgIpc) is 3.15. The van der Waals surface area contributed by atoms with Crippen LogP contribution in [0.4, 0.5) is 0 Å². The van der Waals surface area contributed by atoms with Crippen molar-refractivity contribution in [3.63, 3.8) is 0 Å². The number of hydrogen-bond acceptors (Lipinski definition) is 7. The highest BCUT2D eigenvalue weighted by atomic mass is 31.2. The third-order valence-electron chi connectivity index (χ3n) is 11.0. The highest BCUT2D eigenvalue weighted by Crippen LogP contribution is 2.38. The number of phosphoric ester groups is 1. The summed E-state index contributed by atoms with van der Waals surface area (Å²) in [6, 6.07) is -1.06. The number of nitrogens with one attached hydrogen (secondary N) is 1. The average molecular weight is 831 g/mol. The summed E-state index contributed by atoms with van der Waals surface area (Å²) >= 11 is 0. The van der Waals surface area contributed by atoms with Crippen LogP contribution in [0.5, 0.6) is 0 Å². The van der Waals surface area contributed by atoms with Gasteiger partial charge in [-0.15, -0.1) is 0 Å². The molecule has 4 atom stereocenters. The molecule has 0 radical (unpaired) electrons. The van der Waals surface area contributed by atoms with Crippen molar-refractivity contribution < 1.29 is 38.0 Å². The van der Waals surface area contributed by atoms with Gasteiger partial charge >= 0.3 is 0 Å². The van der Waals surface area contributed by atoms with Gasteiger partial charge in [-0.05, 0) is 25.2 Å². The number of quaternary nitrogens is 1. The molecule has 0 aromatic heterocycles. The van der Waals surface area contributed by atoms with Crippen molar-refractivity contribution in [2.75, 3.05) is 40.9 Å². The van der Waals surface area contributed by atoms with E-state index in [1.807, 2.05) is 27.2 Å². The van der Waals surface area contributed by atoms with E-state index in [2.05, 4.69) is 26.1 Å². The van der Waals surface area contributed by atoms with Gasteiger partial charge in [-0.2, -0.15) is 0 Å². The van der Waals surface area contributed by atoms with Gasteiger partial charge in [0.15, 0.2) is 0 Å². The minimum absolute atomic E-state index is 0.0417. The lowest BCUT2D eigenvalue weighted by Gasteiger charge is -2.29. The third-order valence-corrected chi connectivity index (χ3v) is 12.0. The van der Waals surface area contributed by atoms with Crippen LogP contribution in [0.1, 0.15) is 220 Å². The Balaban J connectivity index is 4.36. The predicted octanol–water partition coefficient (Wildman–Crippen LogP) is 11.7. The molecule has 0 rings (SSSR count). The van der Waals surface area contributed by atoms with Gasteiger partial charge in [-0.3, -0.25) is 9.36 Å². The second-order valence-corrected chi connectivity index (χ2v) is 19.9. The molecule has 340 valence electrons. The fourth-order valence-electron chi connectivity index (χ4n) is 7.11. The van der Waals surface area contributed by atoms with Crippen LogP contribution in [-0.2, 0) is 18.4 Å². The van der Waals surface area contributed by atoms with E-state index in [4.69, 9.17) is 9.05 Å².